The number of benzene rings is 2. The number of nitrogens with zero attached hydrogens (tertiary/aromatic N) is 2. The van der Waals surface area contributed by atoms with Crippen LogP contribution in [-0.4, -0.2) is 29.0 Å². The van der Waals surface area contributed by atoms with Gasteiger partial charge in [0.25, 0.3) is 17.3 Å². The van der Waals surface area contributed by atoms with Crippen LogP contribution in [0.25, 0.3) is 0 Å². The van der Waals surface area contributed by atoms with Crippen molar-refractivity contribution in [3.05, 3.63) is 61.6 Å². The van der Waals surface area contributed by atoms with Crippen LogP contribution in [-0.2, 0) is 4.79 Å². The number of hydrogen-bond donors (Lipinski definition) is 1. The molecule has 0 bridgehead atoms. The van der Waals surface area contributed by atoms with Crippen LogP contribution in [0, 0.1) is 20.2 Å². The van der Waals surface area contributed by atoms with Gasteiger partial charge in [-0.05, 0) is 19.1 Å². The van der Waals surface area contributed by atoms with E-state index >= 15 is 0 Å². The van der Waals surface area contributed by atoms with E-state index in [0.29, 0.717) is 0 Å². The lowest BCUT2D eigenvalue weighted by atomic mass is 10.2. The Morgan fingerprint density at radius 3 is 2.15 bits per heavy atom. The number of halogens is 1. The van der Waals surface area contributed by atoms with Gasteiger partial charge in [-0.15, -0.1) is 0 Å². The molecule has 11 heteroatoms. The van der Waals surface area contributed by atoms with Crippen LogP contribution >= 0.6 is 11.6 Å². The fourth-order valence-electron chi connectivity index (χ4n) is 2.08. The number of carbonyl (C=O) groups is 1. The quantitative estimate of drug-likeness (QED) is 0.559. The zero-order valence-electron chi connectivity index (χ0n) is 14.2. The minimum atomic E-state index is -1.05. The topological polar surface area (TPSA) is 134 Å². The smallest absolute Gasteiger partial charge is 0.271 e. The van der Waals surface area contributed by atoms with Gasteiger partial charge in [0.15, 0.2) is 6.10 Å². The van der Waals surface area contributed by atoms with Crippen LogP contribution < -0.4 is 14.8 Å². The van der Waals surface area contributed by atoms with Gasteiger partial charge >= 0.3 is 0 Å². The summed E-state index contributed by atoms with van der Waals surface area (Å²) in [6, 6.07) is 7.32. The number of carbonyl (C=O) groups excluding carboxylic acids is 1. The van der Waals surface area contributed by atoms with Crippen LogP contribution in [0.5, 0.6) is 11.5 Å². The summed E-state index contributed by atoms with van der Waals surface area (Å²) < 4.78 is 10.5. The van der Waals surface area contributed by atoms with Gasteiger partial charge in [-0.25, -0.2) is 0 Å². The van der Waals surface area contributed by atoms with E-state index in [4.69, 9.17) is 21.1 Å². The van der Waals surface area contributed by atoms with Gasteiger partial charge in [0.05, 0.1) is 27.7 Å². The van der Waals surface area contributed by atoms with Crippen molar-refractivity contribution in [1.82, 2.24) is 0 Å². The molecule has 1 atom stereocenters. The van der Waals surface area contributed by atoms with Crippen LogP contribution in [0.2, 0.25) is 5.02 Å². The highest BCUT2D eigenvalue weighted by Crippen LogP contribution is 2.31. The van der Waals surface area contributed by atoms with Crippen molar-refractivity contribution in [2.24, 2.45) is 0 Å². The summed E-state index contributed by atoms with van der Waals surface area (Å²) in [6.45, 7) is 1.43. The van der Waals surface area contributed by atoms with E-state index in [0.717, 1.165) is 12.1 Å². The van der Waals surface area contributed by atoms with E-state index in [9.17, 15) is 25.0 Å². The molecule has 0 aliphatic heterocycles. The summed E-state index contributed by atoms with van der Waals surface area (Å²) >= 11 is 5.93. The van der Waals surface area contributed by atoms with E-state index in [1.807, 2.05) is 0 Å². The summed E-state index contributed by atoms with van der Waals surface area (Å²) in [7, 11) is 1.35. The fraction of sp³-hybridized carbons (Fsp3) is 0.188. The van der Waals surface area contributed by atoms with Crippen LogP contribution in [0.15, 0.2) is 36.4 Å². The number of ether oxygens (including phenoxy) is 2. The standard InChI is InChI=1S/C16H14ClN3O7/c1-9(27-14-5-3-10(19(22)23)7-12(14)17)16(21)18-13-8-11(20(24)25)4-6-15(13)26-2/h3-9H,1-2H3,(H,18,21). The molecule has 1 N–H and O–H groups in total. The molecule has 0 aromatic heterocycles. The first-order valence-electron chi connectivity index (χ1n) is 7.46. The molecule has 0 radical (unpaired) electrons. The predicted octanol–water partition coefficient (Wildman–Crippen LogP) is 3.57. The molecule has 0 saturated heterocycles. The molecule has 142 valence electrons. The van der Waals surface area contributed by atoms with E-state index in [1.54, 1.807) is 0 Å². The Hall–Kier alpha value is -3.40. The van der Waals surface area contributed by atoms with Crippen molar-refractivity contribution in [2.45, 2.75) is 13.0 Å². The molecule has 2 rings (SSSR count). The average Bonchev–Trinajstić information content (AvgIpc) is 2.62. The Labute approximate surface area is 157 Å². The summed E-state index contributed by atoms with van der Waals surface area (Å²) in [6.07, 6.45) is -1.05. The molecule has 0 spiro atoms. The van der Waals surface area contributed by atoms with E-state index < -0.39 is 21.9 Å². The minimum Gasteiger partial charge on any atom is -0.495 e. The number of rotatable bonds is 7. The number of methoxy groups -OCH3 is 1. The van der Waals surface area contributed by atoms with Crippen LogP contribution in [0.1, 0.15) is 6.92 Å². The molecule has 27 heavy (non-hydrogen) atoms. The Bertz CT molecular complexity index is 904. The number of anilines is 1. The summed E-state index contributed by atoms with van der Waals surface area (Å²) in [5.41, 5.74) is -0.342. The van der Waals surface area contributed by atoms with Gasteiger partial charge in [0, 0.05) is 24.3 Å². The van der Waals surface area contributed by atoms with Gasteiger partial charge in [0.1, 0.15) is 11.5 Å². The van der Waals surface area contributed by atoms with Crippen molar-refractivity contribution in [2.75, 3.05) is 12.4 Å². The van der Waals surface area contributed by atoms with Crippen LogP contribution in [0.3, 0.4) is 0 Å². The minimum absolute atomic E-state index is 0.0308. The largest absolute Gasteiger partial charge is 0.495 e. The number of hydrogen-bond acceptors (Lipinski definition) is 7. The first-order chi connectivity index (χ1) is 12.7. The monoisotopic (exact) mass is 395 g/mol. The van der Waals surface area contributed by atoms with Crippen LogP contribution in [0.4, 0.5) is 17.1 Å². The van der Waals surface area contributed by atoms with E-state index in [2.05, 4.69) is 5.32 Å². The third-order valence-electron chi connectivity index (χ3n) is 3.45. The average molecular weight is 396 g/mol. The van der Waals surface area contributed by atoms with Crippen molar-refractivity contribution < 1.29 is 24.1 Å². The third-order valence-corrected chi connectivity index (χ3v) is 3.75. The second-order valence-electron chi connectivity index (χ2n) is 5.26. The number of amides is 1. The Kier molecular flexibility index (Phi) is 6.14. The molecule has 2 aromatic rings. The maximum Gasteiger partial charge on any atom is 0.271 e. The molecule has 0 fully saturated rings. The Morgan fingerprint density at radius 2 is 1.63 bits per heavy atom. The highest BCUT2D eigenvalue weighted by molar-refractivity contribution is 6.32. The highest BCUT2D eigenvalue weighted by atomic mass is 35.5. The van der Waals surface area contributed by atoms with E-state index in [1.165, 1.54) is 38.3 Å². The van der Waals surface area contributed by atoms with Crippen molar-refractivity contribution in [1.29, 1.82) is 0 Å². The van der Waals surface area contributed by atoms with Crippen molar-refractivity contribution in [3.8, 4) is 11.5 Å². The zero-order chi connectivity index (χ0) is 20.1. The molecule has 0 saturated carbocycles. The first kappa shape index (κ1) is 19.9. The molecule has 10 nitrogen and oxygen atoms in total. The number of nitro groups is 2. The van der Waals surface area contributed by atoms with Gasteiger partial charge < -0.3 is 14.8 Å². The summed E-state index contributed by atoms with van der Waals surface area (Å²) in [5, 5.41) is 24.1. The molecule has 0 aliphatic carbocycles. The SMILES string of the molecule is COc1ccc([N+](=O)[O-])cc1NC(=O)C(C)Oc1ccc([N+](=O)[O-])cc1Cl. The second kappa shape index (κ2) is 8.32. The fourth-order valence-corrected chi connectivity index (χ4v) is 2.30. The lowest BCUT2D eigenvalue weighted by Crippen LogP contribution is -2.30. The lowest BCUT2D eigenvalue weighted by molar-refractivity contribution is -0.385. The molecule has 2 aromatic carbocycles. The lowest BCUT2D eigenvalue weighted by Gasteiger charge is -2.16. The summed E-state index contributed by atoms with van der Waals surface area (Å²) in [5.74, 6) is -0.311. The Morgan fingerprint density at radius 1 is 1.07 bits per heavy atom. The maximum atomic E-state index is 12.3. The summed E-state index contributed by atoms with van der Waals surface area (Å²) in [4.78, 5) is 32.7. The molecule has 1 unspecified atom stereocenters. The normalized spacial score (nSPS) is 11.4. The van der Waals surface area contributed by atoms with Gasteiger partial charge in [-0.3, -0.25) is 25.0 Å². The van der Waals surface area contributed by atoms with E-state index in [-0.39, 0.29) is 33.6 Å². The molecular formula is C16H14ClN3O7. The van der Waals surface area contributed by atoms with Gasteiger partial charge in [-0.2, -0.15) is 0 Å². The van der Waals surface area contributed by atoms with Crippen molar-refractivity contribution in [3.63, 3.8) is 0 Å². The predicted molar refractivity (Wildman–Crippen MR) is 96.5 cm³/mol. The zero-order valence-corrected chi connectivity index (χ0v) is 14.9. The second-order valence-corrected chi connectivity index (χ2v) is 5.67. The number of non-ortho nitro benzene ring substituents is 2. The maximum absolute atomic E-state index is 12.3. The number of nitrogens with one attached hydrogen (secondary N) is 1. The molecule has 1 amide bonds. The Balaban J connectivity index is 2.15. The third kappa shape index (κ3) is 4.82. The van der Waals surface area contributed by atoms with Gasteiger partial charge in [-0.1, -0.05) is 11.6 Å². The number of nitro benzene ring substituents is 2. The molecule has 0 heterocycles. The first-order valence-corrected chi connectivity index (χ1v) is 7.84. The highest BCUT2D eigenvalue weighted by Gasteiger charge is 2.20. The van der Waals surface area contributed by atoms with Gasteiger partial charge in [0.2, 0.25) is 0 Å². The molecule has 0 aliphatic rings. The van der Waals surface area contributed by atoms with Crippen molar-refractivity contribution >= 4 is 34.6 Å². The molecular weight excluding hydrogens is 382 g/mol.